The predicted octanol–water partition coefficient (Wildman–Crippen LogP) is 12.8. The van der Waals surface area contributed by atoms with E-state index in [0.29, 0.717) is 0 Å². The molecule has 1 N–H and O–H groups in total. The SMILES string of the molecule is C1=C(c2cc(-c3ccc4ccccc4c3)nc3c2ccc2c(-c4ccc(-c5ccccn5)cc4)cc(-c4cccc5ccccc45)nc23)NCc2ccccc21. The van der Waals surface area contributed by atoms with E-state index in [9.17, 15) is 0 Å². The van der Waals surface area contributed by atoms with Gasteiger partial charge in [0.2, 0.25) is 0 Å². The molecule has 1 aliphatic rings. The van der Waals surface area contributed by atoms with Crippen molar-refractivity contribution >= 4 is 55.1 Å². The summed E-state index contributed by atoms with van der Waals surface area (Å²) in [6, 6.07) is 62.5. The topological polar surface area (TPSA) is 50.7 Å². The van der Waals surface area contributed by atoms with Crippen molar-refractivity contribution in [3.8, 4) is 44.9 Å². The number of pyridine rings is 3. The molecule has 0 saturated heterocycles. The fourth-order valence-electron chi connectivity index (χ4n) is 8.28. The molecule has 4 heteroatoms. The van der Waals surface area contributed by atoms with Gasteiger partial charge in [0, 0.05) is 51.5 Å². The van der Waals surface area contributed by atoms with Gasteiger partial charge in [0.15, 0.2) is 0 Å². The number of aromatic nitrogens is 3. The average molecular weight is 715 g/mol. The molecule has 0 radical (unpaired) electrons. The minimum absolute atomic E-state index is 0.757. The van der Waals surface area contributed by atoms with Crippen molar-refractivity contribution in [3.05, 3.63) is 199 Å². The Morgan fingerprint density at radius 2 is 1.09 bits per heavy atom. The Morgan fingerprint density at radius 3 is 1.95 bits per heavy atom. The van der Waals surface area contributed by atoms with Crippen LogP contribution in [0.15, 0.2) is 182 Å². The standard InChI is InChI=1S/C52H34N4/c1-2-12-37-28-39(24-19-33(37)10-1)48-31-46(49-29-38-13-3-4-14-40(38)32-54-49)44-26-25-43-45(35-20-22-36(23-21-35)47-18-7-8-27-53-47)30-50(56-51(43)52(44)55-48)42-17-9-15-34-11-5-6-16-41(34)42/h1-31,54H,32H2. The number of rotatable bonds is 5. The quantitative estimate of drug-likeness (QED) is 0.180. The van der Waals surface area contributed by atoms with Gasteiger partial charge in [0.05, 0.1) is 28.1 Å². The zero-order valence-electron chi connectivity index (χ0n) is 30.4. The van der Waals surface area contributed by atoms with Crippen LogP contribution in [0.2, 0.25) is 0 Å². The molecule has 0 fully saturated rings. The summed E-state index contributed by atoms with van der Waals surface area (Å²) in [6.45, 7) is 0.757. The summed E-state index contributed by atoms with van der Waals surface area (Å²) in [4.78, 5) is 15.7. The van der Waals surface area contributed by atoms with Crippen LogP contribution in [0.4, 0.5) is 0 Å². The van der Waals surface area contributed by atoms with Gasteiger partial charge in [-0.1, -0.05) is 146 Å². The van der Waals surface area contributed by atoms with Crippen molar-refractivity contribution in [1.82, 2.24) is 20.3 Å². The van der Waals surface area contributed by atoms with Crippen LogP contribution in [0, 0.1) is 0 Å². The second-order valence-electron chi connectivity index (χ2n) is 14.5. The molecular weight excluding hydrogens is 681 g/mol. The van der Waals surface area contributed by atoms with Gasteiger partial charge < -0.3 is 5.32 Å². The molecule has 11 rings (SSSR count). The fraction of sp³-hybridized carbons (Fsp3) is 0.0192. The molecule has 0 atom stereocenters. The summed E-state index contributed by atoms with van der Waals surface area (Å²) in [5.74, 6) is 0. The van der Waals surface area contributed by atoms with Gasteiger partial charge in [-0.15, -0.1) is 0 Å². The van der Waals surface area contributed by atoms with Crippen LogP contribution >= 0.6 is 0 Å². The largest absolute Gasteiger partial charge is 0.380 e. The van der Waals surface area contributed by atoms with Crippen LogP contribution in [-0.4, -0.2) is 15.0 Å². The van der Waals surface area contributed by atoms with Crippen molar-refractivity contribution in [2.75, 3.05) is 0 Å². The van der Waals surface area contributed by atoms with Crippen LogP contribution in [0.5, 0.6) is 0 Å². The van der Waals surface area contributed by atoms with Gasteiger partial charge in [-0.05, 0) is 80.2 Å². The molecule has 0 saturated carbocycles. The molecule has 262 valence electrons. The molecule has 0 bridgehead atoms. The van der Waals surface area contributed by atoms with Crippen LogP contribution < -0.4 is 5.32 Å². The first kappa shape index (κ1) is 32.0. The molecule has 4 heterocycles. The van der Waals surface area contributed by atoms with Gasteiger partial charge in [-0.25, -0.2) is 9.97 Å². The number of nitrogens with one attached hydrogen (secondary N) is 1. The smallest absolute Gasteiger partial charge is 0.0979 e. The van der Waals surface area contributed by atoms with Gasteiger partial charge in [0.25, 0.3) is 0 Å². The molecule has 0 amide bonds. The summed E-state index contributed by atoms with van der Waals surface area (Å²) < 4.78 is 0. The maximum atomic E-state index is 5.57. The highest BCUT2D eigenvalue weighted by atomic mass is 14.9. The van der Waals surface area contributed by atoms with Crippen molar-refractivity contribution in [2.45, 2.75) is 6.54 Å². The fourth-order valence-corrected chi connectivity index (χ4v) is 8.28. The van der Waals surface area contributed by atoms with Crippen LogP contribution in [0.3, 0.4) is 0 Å². The molecule has 1 aliphatic heterocycles. The number of hydrogen-bond acceptors (Lipinski definition) is 4. The Morgan fingerprint density at radius 1 is 0.411 bits per heavy atom. The highest BCUT2D eigenvalue weighted by Crippen LogP contribution is 2.40. The normalized spacial score (nSPS) is 12.5. The van der Waals surface area contributed by atoms with Crippen LogP contribution in [0.1, 0.15) is 16.7 Å². The third-order valence-corrected chi connectivity index (χ3v) is 11.1. The Balaban J connectivity index is 1.21. The summed E-state index contributed by atoms with van der Waals surface area (Å²) in [5, 5.41) is 10.6. The molecule has 0 unspecified atom stereocenters. The molecule has 56 heavy (non-hydrogen) atoms. The van der Waals surface area contributed by atoms with Crippen molar-refractivity contribution in [3.63, 3.8) is 0 Å². The molecule has 0 spiro atoms. The van der Waals surface area contributed by atoms with E-state index in [1.165, 1.54) is 32.7 Å². The van der Waals surface area contributed by atoms with E-state index in [2.05, 4.69) is 174 Å². The second-order valence-corrected chi connectivity index (χ2v) is 14.5. The summed E-state index contributed by atoms with van der Waals surface area (Å²) in [7, 11) is 0. The Bertz CT molecular complexity index is 3180. The number of nitrogens with zero attached hydrogens (tertiary/aromatic N) is 3. The van der Waals surface area contributed by atoms with Gasteiger partial charge in [-0.3, -0.25) is 4.98 Å². The molecule has 0 aliphatic carbocycles. The zero-order valence-corrected chi connectivity index (χ0v) is 30.4. The van der Waals surface area contributed by atoms with Crippen LogP contribution in [0.25, 0.3) is 100 Å². The van der Waals surface area contributed by atoms with Gasteiger partial charge >= 0.3 is 0 Å². The molecule has 4 nitrogen and oxygen atoms in total. The number of hydrogen-bond donors (Lipinski definition) is 1. The summed E-state index contributed by atoms with van der Waals surface area (Å²) in [6.07, 6.45) is 4.11. The maximum absolute atomic E-state index is 5.57. The monoisotopic (exact) mass is 714 g/mol. The van der Waals surface area contributed by atoms with Crippen molar-refractivity contribution in [1.29, 1.82) is 0 Å². The van der Waals surface area contributed by atoms with E-state index >= 15 is 0 Å². The first-order valence-electron chi connectivity index (χ1n) is 19.1. The lowest BCUT2D eigenvalue weighted by molar-refractivity contribution is 0.880. The van der Waals surface area contributed by atoms with E-state index in [-0.39, 0.29) is 0 Å². The zero-order chi connectivity index (χ0) is 37.0. The highest BCUT2D eigenvalue weighted by Gasteiger charge is 2.20. The van der Waals surface area contributed by atoms with E-state index in [1.807, 2.05) is 24.4 Å². The summed E-state index contributed by atoms with van der Waals surface area (Å²) >= 11 is 0. The van der Waals surface area contributed by atoms with E-state index < -0.39 is 0 Å². The maximum Gasteiger partial charge on any atom is 0.0979 e. The minimum atomic E-state index is 0.757. The van der Waals surface area contributed by atoms with E-state index in [1.54, 1.807) is 0 Å². The van der Waals surface area contributed by atoms with Crippen molar-refractivity contribution < 1.29 is 0 Å². The van der Waals surface area contributed by atoms with Crippen LogP contribution in [-0.2, 0) is 6.54 Å². The first-order valence-corrected chi connectivity index (χ1v) is 19.1. The molecule has 7 aromatic carbocycles. The lowest BCUT2D eigenvalue weighted by atomic mass is 9.92. The highest BCUT2D eigenvalue weighted by molar-refractivity contribution is 6.13. The first-order chi connectivity index (χ1) is 27.7. The number of fused-ring (bicyclic) bond motifs is 6. The lowest BCUT2D eigenvalue weighted by Gasteiger charge is -2.21. The predicted molar refractivity (Wildman–Crippen MR) is 233 cm³/mol. The molecule has 10 aromatic rings. The lowest BCUT2D eigenvalue weighted by Crippen LogP contribution is -2.17. The second kappa shape index (κ2) is 13.2. The summed E-state index contributed by atoms with van der Waals surface area (Å²) in [5.41, 5.74) is 14.7. The Kier molecular flexibility index (Phi) is 7.52. The molecule has 3 aromatic heterocycles. The third-order valence-electron chi connectivity index (χ3n) is 11.1. The number of benzene rings is 7. The third kappa shape index (κ3) is 5.50. The Hall–Kier alpha value is -7.43. The van der Waals surface area contributed by atoms with E-state index in [4.69, 9.17) is 9.97 Å². The van der Waals surface area contributed by atoms with Gasteiger partial charge in [0.1, 0.15) is 0 Å². The molecular formula is C52H34N4. The van der Waals surface area contributed by atoms with Gasteiger partial charge in [-0.2, -0.15) is 0 Å². The minimum Gasteiger partial charge on any atom is -0.380 e. The Labute approximate surface area is 324 Å². The van der Waals surface area contributed by atoms with Crippen molar-refractivity contribution in [2.24, 2.45) is 0 Å². The van der Waals surface area contributed by atoms with E-state index in [0.717, 1.165) is 84.5 Å². The average Bonchev–Trinajstić information content (AvgIpc) is 3.28.